The lowest BCUT2D eigenvalue weighted by atomic mass is 10.1. The molecule has 3 rings (SSSR count). The van der Waals surface area contributed by atoms with Crippen LogP contribution >= 0.6 is 0 Å². The quantitative estimate of drug-likeness (QED) is 0.460. The van der Waals surface area contributed by atoms with Crippen molar-refractivity contribution < 1.29 is 17.5 Å². The Morgan fingerprint density at radius 2 is 2.08 bits per heavy atom. The van der Waals surface area contributed by atoms with Gasteiger partial charge in [-0.3, -0.25) is 0 Å². The molecule has 1 aromatic carbocycles. The monoisotopic (exact) mass is 381 g/mol. The second-order valence-electron chi connectivity index (χ2n) is 7.42. The zero-order chi connectivity index (χ0) is 18.6. The fraction of sp³-hybridized carbons (Fsp3) is 0.600. The van der Waals surface area contributed by atoms with Crippen molar-refractivity contribution in [1.29, 1.82) is 0 Å². The highest BCUT2D eigenvalue weighted by Crippen LogP contribution is 2.47. The Morgan fingerprint density at radius 3 is 2.73 bits per heavy atom. The number of unbranched alkanes of at least 4 members (excludes halogenated alkanes) is 1. The lowest BCUT2D eigenvalue weighted by molar-refractivity contribution is 0.284. The summed E-state index contributed by atoms with van der Waals surface area (Å²) >= 11 is 0. The second kappa shape index (κ2) is 8.09. The maximum Gasteiger partial charge on any atom is 0.212 e. The molecule has 2 fully saturated rings. The first kappa shape index (κ1) is 19.4. The third-order valence-electron chi connectivity index (χ3n) is 4.94. The topological polar surface area (TPSA) is 55.4 Å². The van der Waals surface area contributed by atoms with Gasteiger partial charge in [-0.2, -0.15) is 0 Å². The molecule has 0 saturated heterocycles. The SMILES string of the molecule is CC/C=C/CCCS(=O)(=O)NC1(c2ccc(F)c(OCC3CC3)c2)CC1. The molecular formula is C20H28FNO3S. The minimum absolute atomic E-state index is 0.106. The van der Waals surface area contributed by atoms with Gasteiger partial charge in [-0.25, -0.2) is 17.5 Å². The van der Waals surface area contributed by atoms with Gasteiger partial charge >= 0.3 is 0 Å². The minimum atomic E-state index is -3.37. The van der Waals surface area contributed by atoms with E-state index in [1.54, 1.807) is 12.1 Å². The van der Waals surface area contributed by atoms with E-state index in [1.165, 1.54) is 6.07 Å². The molecule has 2 saturated carbocycles. The summed E-state index contributed by atoms with van der Waals surface area (Å²) in [5.74, 6) is 0.475. The highest BCUT2D eigenvalue weighted by atomic mass is 32.2. The van der Waals surface area contributed by atoms with E-state index in [4.69, 9.17) is 4.74 Å². The van der Waals surface area contributed by atoms with Crippen LogP contribution in [0.4, 0.5) is 4.39 Å². The van der Waals surface area contributed by atoms with Gasteiger partial charge in [0.15, 0.2) is 11.6 Å². The zero-order valence-corrected chi connectivity index (χ0v) is 16.2. The second-order valence-corrected chi connectivity index (χ2v) is 9.27. The average molecular weight is 382 g/mol. The Morgan fingerprint density at radius 1 is 1.31 bits per heavy atom. The number of allylic oxidation sites excluding steroid dienone is 2. The van der Waals surface area contributed by atoms with Crippen molar-refractivity contribution in [3.05, 3.63) is 41.7 Å². The predicted octanol–water partition coefficient (Wildman–Crippen LogP) is 4.27. The molecule has 0 bridgehead atoms. The average Bonchev–Trinajstić information content (AvgIpc) is 3.50. The van der Waals surface area contributed by atoms with E-state index >= 15 is 0 Å². The smallest absolute Gasteiger partial charge is 0.212 e. The normalized spacial score (nSPS) is 19.0. The molecule has 2 aliphatic rings. The summed E-state index contributed by atoms with van der Waals surface area (Å²) in [4.78, 5) is 0. The fourth-order valence-electron chi connectivity index (χ4n) is 3.00. The summed E-state index contributed by atoms with van der Waals surface area (Å²) in [5, 5.41) is 0. The van der Waals surface area contributed by atoms with Gasteiger partial charge in [0.2, 0.25) is 10.0 Å². The lowest BCUT2D eigenvalue weighted by Gasteiger charge is -2.19. The molecule has 0 aliphatic heterocycles. The van der Waals surface area contributed by atoms with E-state index in [0.29, 0.717) is 18.9 Å². The Kier molecular flexibility index (Phi) is 6.03. The first-order chi connectivity index (χ1) is 12.4. The summed E-state index contributed by atoms with van der Waals surface area (Å²) < 4.78 is 47.3. The van der Waals surface area contributed by atoms with Crippen molar-refractivity contribution in [2.75, 3.05) is 12.4 Å². The van der Waals surface area contributed by atoms with Crippen molar-refractivity contribution in [1.82, 2.24) is 4.72 Å². The highest BCUT2D eigenvalue weighted by molar-refractivity contribution is 7.89. The van der Waals surface area contributed by atoms with Crippen molar-refractivity contribution in [3.8, 4) is 5.75 Å². The van der Waals surface area contributed by atoms with Crippen molar-refractivity contribution >= 4 is 10.0 Å². The molecule has 4 nitrogen and oxygen atoms in total. The van der Waals surface area contributed by atoms with Crippen LogP contribution in [0.5, 0.6) is 5.75 Å². The largest absolute Gasteiger partial charge is 0.490 e. The molecule has 0 spiro atoms. The molecule has 2 aliphatic carbocycles. The van der Waals surface area contributed by atoms with E-state index in [2.05, 4.69) is 11.6 Å². The van der Waals surface area contributed by atoms with Crippen LogP contribution in [0, 0.1) is 11.7 Å². The molecule has 0 amide bonds. The third-order valence-corrected chi connectivity index (χ3v) is 6.47. The molecule has 26 heavy (non-hydrogen) atoms. The summed E-state index contributed by atoms with van der Waals surface area (Å²) in [6.07, 6.45) is 10.1. The number of rotatable bonds is 11. The number of hydrogen-bond acceptors (Lipinski definition) is 3. The van der Waals surface area contributed by atoms with Crippen LogP contribution < -0.4 is 9.46 Å². The Bertz CT molecular complexity index is 752. The van der Waals surface area contributed by atoms with Gasteiger partial charge in [-0.15, -0.1) is 0 Å². The standard InChI is InChI=1S/C20H28FNO3S/c1-2-3-4-5-6-13-26(23,24)22-20(11-12-20)17-9-10-18(21)19(14-17)25-15-16-7-8-16/h3-4,9-10,14,16,22H,2,5-8,11-13,15H2,1H3/b4-3+. The van der Waals surface area contributed by atoms with Crippen LogP contribution in [0.1, 0.15) is 57.4 Å². The van der Waals surface area contributed by atoms with Gasteiger partial charge in [0.1, 0.15) is 0 Å². The molecular weight excluding hydrogens is 353 g/mol. The molecule has 144 valence electrons. The van der Waals surface area contributed by atoms with Crippen LogP contribution in [-0.4, -0.2) is 20.8 Å². The number of sulfonamides is 1. The summed E-state index contributed by atoms with van der Waals surface area (Å²) in [6, 6.07) is 4.71. The highest BCUT2D eigenvalue weighted by Gasteiger charge is 2.47. The van der Waals surface area contributed by atoms with E-state index in [9.17, 15) is 12.8 Å². The molecule has 0 radical (unpaired) electrons. The Hall–Kier alpha value is -1.40. The number of halogens is 1. The molecule has 1 N–H and O–H groups in total. The molecule has 6 heteroatoms. The number of hydrogen-bond donors (Lipinski definition) is 1. The van der Waals surface area contributed by atoms with Gasteiger partial charge in [-0.05, 0) is 68.6 Å². The van der Waals surface area contributed by atoms with Crippen molar-refractivity contribution in [2.45, 2.75) is 57.4 Å². The lowest BCUT2D eigenvalue weighted by Crippen LogP contribution is -2.36. The Labute approximate surface area is 155 Å². The zero-order valence-electron chi connectivity index (χ0n) is 15.3. The first-order valence-corrected chi connectivity index (χ1v) is 11.2. The molecule has 0 aromatic heterocycles. The van der Waals surface area contributed by atoms with Gasteiger partial charge in [0.25, 0.3) is 0 Å². The van der Waals surface area contributed by atoms with Gasteiger partial charge < -0.3 is 4.74 Å². The van der Waals surface area contributed by atoms with Crippen LogP contribution in [0.3, 0.4) is 0 Å². The van der Waals surface area contributed by atoms with Gasteiger partial charge in [-0.1, -0.05) is 25.1 Å². The third kappa shape index (κ3) is 5.30. The molecule has 0 unspecified atom stereocenters. The van der Waals surface area contributed by atoms with Gasteiger partial charge in [0, 0.05) is 0 Å². The van der Waals surface area contributed by atoms with Crippen LogP contribution in [-0.2, 0) is 15.6 Å². The number of nitrogens with one attached hydrogen (secondary N) is 1. The van der Waals surface area contributed by atoms with E-state index in [-0.39, 0.29) is 11.5 Å². The number of ether oxygens (including phenoxy) is 1. The molecule has 0 atom stereocenters. The van der Waals surface area contributed by atoms with Crippen LogP contribution in [0.15, 0.2) is 30.4 Å². The maximum atomic E-state index is 14.0. The van der Waals surface area contributed by atoms with Gasteiger partial charge in [0.05, 0.1) is 17.9 Å². The first-order valence-electron chi connectivity index (χ1n) is 9.53. The number of benzene rings is 1. The van der Waals surface area contributed by atoms with E-state index in [1.807, 2.05) is 12.2 Å². The van der Waals surface area contributed by atoms with E-state index < -0.39 is 21.4 Å². The Balaban J connectivity index is 1.62. The van der Waals surface area contributed by atoms with Crippen LogP contribution in [0.25, 0.3) is 0 Å². The van der Waals surface area contributed by atoms with E-state index in [0.717, 1.165) is 44.1 Å². The van der Waals surface area contributed by atoms with Crippen LogP contribution in [0.2, 0.25) is 0 Å². The summed E-state index contributed by atoms with van der Waals surface area (Å²) in [5.41, 5.74) is 0.197. The minimum Gasteiger partial charge on any atom is -0.490 e. The molecule has 0 heterocycles. The summed E-state index contributed by atoms with van der Waals surface area (Å²) in [6.45, 7) is 2.58. The predicted molar refractivity (Wildman–Crippen MR) is 101 cm³/mol. The maximum absolute atomic E-state index is 14.0. The summed E-state index contributed by atoms with van der Waals surface area (Å²) in [7, 11) is -3.37. The van der Waals surface area contributed by atoms with Crippen molar-refractivity contribution in [2.24, 2.45) is 5.92 Å². The fourth-order valence-corrected chi connectivity index (χ4v) is 4.57. The molecule has 1 aromatic rings. The van der Waals surface area contributed by atoms with Crippen molar-refractivity contribution in [3.63, 3.8) is 0 Å².